The van der Waals surface area contributed by atoms with Crippen LogP contribution in [0.25, 0.3) is 16.8 Å². The van der Waals surface area contributed by atoms with Gasteiger partial charge in [0.05, 0.1) is 23.8 Å². The van der Waals surface area contributed by atoms with Crippen LogP contribution < -0.4 is 9.64 Å². The van der Waals surface area contributed by atoms with Crippen molar-refractivity contribution in [3.05, 3.63) is 118 Å². The summed E-state index contributed by atoms with van der Waals surface area (Å²) in [4.78, 5) is 41.1. The number of thiocarbonyl (C=S) groups is 1. The molecule has 1 saturated heterocycles. The van der Waals surface area contributed by atoms with Gasteiger partial charge >= 0.3 is 0 Å². The Hall–Kier alpha value is -4.89. The Morgan fingerprint density at radius 1 is 0.897 bits per heavy atom. The number of nitro groups is 1. The molecule has 8 nitrogen and oxygen atoms in total. The van der Waals surface area contributed by atoms with Crippen LogP contribution in [0, 0.1) is 10.1 Å². The number of nitrogens with zero attached hydrogens (tertiary/aromatic N) is 3. The van der Waals surface area contributed by atoms with E-state index in [0.717, 1.165) is 16.3 Å². The first kappa shape index (κ1) is 25.7. The minimum absolute atomic E-state index is 0.00818. The molecule has 1 aliphatic heterocycles. The van der Waals surface area contributed by atoms with Crippen LogP contribution in [0.4, 0.5) is 11.4 Å². The molecule has 0 saturated carbocycles. The molecule has 4 aromatic rings. The highest BCUT2D eigenvalue weighted by molar-refractivity contribution is 7.80. The molecular formula is C30H23N3O5S. The lowest BCUT2D eigenvalue weighted by Crippen LogP contribution is -2.57. The molecule has 194 valence electrons. The van der Waals surface area contributed by atoms with E-state index >= 15 is 0 Å². The number of hydrogen-bond donors (Lipinski definition) is 0. The lowest BCUT2D eigenvalue weighted by molar-refractivity contribution is -0.384. The summed E-state index contributed by atoms with van der Waals surface area (Å²) in [7, 11) is 1.55. The largest absolute Gasteiger partial charge is 0.497 e. The second-order valence-electron chi connectivity index (χ2n) is 8.95. The lowest BCUT2D eigenvalue weighted by Gasteiger charge is -2.40. The van der Waals surface area contributed by atoms with Crippen LogP contribution in [0.2, 0.25) is 0 Å². The number of amides is 2. The molecule has 0 aliphatic carbocycles. The Morgan fingerprint density at radius 3 is 2.23 bits per heavy atom. The molecule has 4 aromatic carbocycles. The van der Waals surface area contributed by atoms with E-state index in [-0.39, 0.29) is 16.4 Å². The predicted molar refractivity (Wildman–Crippen MR) is 153 cm³/mol. The molecular weight excluding hydrogens is 514 g/mol. The highest BCUT2D eigenvalue weighted by Gasteiger charge is 2.43. The van der Waals surface area contributed by atoms with Crippen molar-refractivity contribution >= 4 is 57.4 Å². The van der Waals surface area contributed by atoms with Gasteiger partial charge in [-0.2, -0.15) is 0 Å². The topological polar surface area (TPSA) is 93.0 Å². The van der Waals surface area contributed by atoms with E-state index in [4.69, 9.17) is 17.0 Å². The monoisotopic (exact) mass is 537 g/mol. The van der Waals surface area contributed by atoms with Crippen LogP contribution in [0.3, 0.4) is 0 Å². The number of rotatable bonds is 6. The van der Waals surface area contributed by atoms with Crippen molar-refractivity contribution < 1.29 is 19.2 Å². The van der Waals surface area contributed by atoms with Crippen molar-refractivity contribution in [1.82, 2.24) is 4.90 Å². The van der Waals surface area contributed by atoms with Crippen molar-refractivity contribution in [1.29, 1.82) is 0 Å². The number of ether oxygens (including phenoxy) is 1. The van der Waals surface area contributed by atoms with Gasteiger partial charge < -0.3 is 4.74 Å². The molecule has 0 N–H and O–H groups in total. The SMILES string of the molecule is COc1ccc(/C=C2/C(=O)N(c3ccc([N+](=O)[O-])cc3)C(=S)N(C(C)c3cccc4ccccc34)C2=O)cc1. The Kier molecular flexibility index (Phi) is 6.91. The standard InChI is InChI=1S/C30H23N3O5S/c1-19(25-9-5-7-21-6-3-4-8-26(21)25)31-28(34)27(18-20-10-16-24(38-2)17-11-20)29(35)32(30(31)39)22-12-14-23(15-13-22)33(36)37/h3-19H,1-2H3/b27-18+. The molecule has 0 aromatic heterocycles. The maximum Gasteiger partial charge on any atom is 0.270 e. The predicted octanol–water partition coefficient (Wildman–Crippen LogP) is 6.06. The molecule has 0 bridgehead atoms. The van der Waals surface area contributed by atoms with E-state index in [9.17, 15) is 19.7 Å². The number of carbonyl (C=O) groups excluding carboxylic acids is 2. The van der Waals surface area contributed by atoms with Gasteiger partial charge in [-0.3, -0.25) is 29.5 Å². The number of carbonyl (C=O) groups is 2. The van der Waals surface area contributed by atoms with E-state index in [1.165, 1.54) is 40.1 Å². The molecule has 2 amide bonds. The highest BCUT2D eigenvalue weighted by atomic mass is 32.1. The van der Waals surface area contributed by atoms with Crippen LogP contribution in [-0.2, 0) is 9.59 Å². The Morgan fingerprint density at radius 2 is 1.56 bits per heavy atom. The van der Waals surface area contributed by atoms with E-state index in [0.29, 0.717) is 17.0 Å². The first-order valence-electron chi connectivity index (χ1n) is 12.1. The van der Waals surface area contributed by atoms with Gasteiger partial charge in [-0.05, 0) is 71.4 Å². The number of hydrogen-bond acceptors (Lipinski definition) is 6. The van der Waals surface area contributed by atoms with Gasteiger partial charge in [0.25, 0.3) is 17.5 Å². The van der Waals surface area contributed by atoms with Crippen molar-refractivity contribution in [2.75, 3.05) is 12.0 Å². The maximum absolute atomic E-state index is 14.0. The average molecular weight is 538 g/mol. The zero-order chi connectivity index (χ0) is 27.7. The number of methoxy groups -OCH3 is 1. The molecule has 1 heterocycles. The van der Waals surface area contributed by atoms with Gasteiger partial charge in [0.2, 0.25) is 0 Å². The van der Waals surface area contributed by atoms with Gasteiger partial charge in [0.1, 0.15) is 11.3 Å². The summed E-state index contributed by atoms with van der Waals surface area (Å²) in [5.41, 5.74) is 1.60. The van der Waals surface area contributed by atoms with Crippen LogP contribution in [-0.4, -0.2) is 33.9 Å². The van der Waals surface area contributed by atoms with Gasteiger partial charge in [-0.25, -0.2) is 0 Å². The van der Waals surface area contributed by atoms with Gasteiger partial charge in [0.15, 0.2) is 5.11 Å². The second-order valence-corrected chi connectivity index (χ2v) is 9.31. The fourth-order valence-electron chi connectivity index (χ4n) is 4.66. The summed E-state index contributed by atoms with van der Waals surface area (Å²) in [6.07, 6.45) is 1.52. The third-order valence-corrected chi connectivity index (χ3v) is 7.07. The zero-order valence-electron chi connectivity index (χ0n) is 21.1. The average Bonchev–Trinajstić information content (AvgIpc) is 2.95. The maximum atomic E-state index is 14.0. The summed E-state index contributed by atoms with van der Waals surface area (Å²) in [5.74, 6) is -0.506. The molecule has 0 radical (unpaired) electrons. The van der Waals surface area contributed by atoms with E-state index < -0.39 is 22.8 Å². The van der Waals surface area contributed by atoms with E-state index in [1.807, 2.05) is 49.4 Å². The van der Waals surface area contributed by atoms with Crippen molar-refractivity contribution in [3.63, 3.8) is 0 Å². The first-order valence-corrected chi connectivity index (χ1v) is 12.5. The van der Waals surface area contributed by atoms with Crippen molar-refractivity contribution in [2.45, 2.75) is 13.0 Å². The van der Waals surface area contributed by atoms with Gasteiger partial charge in [-0.1, -0.05) is 54.6 Å². The lowest BCUT2D eigenvalue weighted by atomic mass is 9.97. The number of fused-ring (bicyclic) bond motifs is 1. The van der Waals surface area contributed by atoms with E-state index in [1.54, 1.807) is 31.4 Å². The molecule has 1 atom stereocenters. The van der Waals surface area contributed by atoms with Crippen LogP contribution in [0.1, 0.15) is 24.1 Å². The van der Waals surface area contributed by atoms with E-state index in [2.05, 4.69) is 0 Å². The van der Waals surface area contributed by atoms with Gasteiger partial charge in [0, 0.05) is 12.1 Å². The summed E-state index contributed by atoms with van der Waals surface area (Å²) >= 11 is 5.75. The minimum atomic E-state index is -0.615. The molecule has 0 spiro atoms. The fraction of sp³-hybridized carbons (Fsp3) is 0.100. The third-order valence-electron chi connectivity index (χ3n) is 6.69. The molecule has 5 rings (SSSR count). The number of anilines is 1. The molecule has 1 unspecified atom stereocenters. The normalized spacial score (nSPS) is 15.6. The minimum Gasteiger partial charge on any atom is -0.497 e. The summed E-state index contributed by atoms with van der Waals surface area (Å²) in [6.45, 7) is 1.86. The first-order chi connectivity index (χ1) is 18.8. The Bertz CT molecular complexity index is 1640. The summed E-state index contributed by atoms with van der Waals surface area (Å²) < 4.78 is 5.21. The highest BCUT2D eigenvalue weighted by Crippen LogP contribution is 2.35. The Balaban J connectivity index is 1.64. The third kappa shape index (κ3) is 4.75. The number of benzene rings is 4. The number of non-ortho nitro benzene ring substituents is 1. The zero-order valence-corrected chi connectivity index (χ0v) is 21.9. The number of nitro benzene ring substituents is 1. The molecule has 39 heavy (non-hydrogen) atoms. The van der Waals surface area contributed by atoms with Crippen molar-refractivity contribution in [3.8, 4) is 5.75 Å². The molecule has 1 aliphatic rings. The quantitative estimate of drug-likeness (QED) is 0.0976. The molecule has 1 fully saturated rings. The van der Waals surface area contributed by atoms with Crippen LogP contribution >= 0.6 is 12.2 Å². The van der Waals surface area contributed by atoms with Gasteiger partial charge in [-0.15, -0.1) is 0 Å². The van der Waals surface area contributed by atoms with Crippen molar-refractivity contribution in [2.24, 2.45) is 0 Å². The summed E-state index contributed by atoms with van der Waals surface area (Å²) in [5, 5.41) is 13.2. The summed E-state index contributed by atoms with van der Waals surface area (Å²) in [6, 6.07) is 25.6. The van der Waals surface area contributed by atoms with Crippen LogP contribution in [0.15, 0.2) is 96.6 Å². The smallest absolute Gasteiger partial charge is 0.270 e. The second kappa shape index (κ2) is 10.5. The van der Waals surface area contributed by atoms with Crippen LogP contribution in [0.5, 0.6) is 5.75 Å². The fourth-order valence-corrected chi connectivity index (χ4v) is 5.09. The Labute approximate surface area is 229 Å². The molecule has 9 heteroatoms.